The molecule has 2 aliphatic rings. The normalized spacial score (nSPS) is 25.6. The SMILES string of the molecule is COc1cc(C)c2c(c1)C1c3ccccc3NC1(C)C2. The van der Waals surface area contributed by atoms with Gasteiger partial charge in [0.05, 0.1) is 7.11 Å². The molecule has 0 radical (unpaired) electrons. The second-order valence-corrected chi connectivity index (χ2v) is 6.25. The van der Waals surface area contributed by atoms with Crippen molar-refractivity contribution in [3.05, 3.63) is 58.7 Å². The summed E-state index contributed by atoms with van der Waals surface area (Å²) < 4.78 is 5.47. The van der Waals surface area contributed by atoms with Crippen molar-refractivity contribution in [3.63, 3.8) is 0 Å². The molecule has 0 fully saturated rings. The quantitative estimate of drug-likeness (QED) is 0.845. The number of benzene rings is 2. The standard InChI is InChI=1S/C18H19NO/c1-11-8-12(20-3)9-14-15(11)10-18(2)17(14)13-6-4-5-7-16(13)19-18/h4-9,17,19H,10H2,1-3H3. The Labute approximate surface area is 119 Å². The zero-order valence-electron chi connectivity index (χ0n) is 12.2. The minimum absolute atomic E-state index is 0.100. The van der Waals surface area contributed by atoms with Crippen LogP contribution in [0.2, 0.25) is 0 Å². The van der Waals surface area contributed by atoms with E-state index in [1.165, 1.54) is 27.9 Å². The molecule has 2 heteroatoms. The Kier molecular flexibility index (Phi) is 2.24. The lowest BCUT2D eigenvalue weighted by molar-refractivity contribution is 0.413. The first-order valence-corrected chi connectivity index (χ1v) is 7.17. The predicted octanol–water partition coefficient (Wildman–Crippen LogP) is 3.88. The van der Waals surface area contributed by atoms with E-state index in [0.717, 1.165) is 12.2 Å². The van der Waals surface area contributed by atoms with Crippen LogP contribution in [0.25, 0.3) is 0 Å². The van der Waals surface area contributed by atoms with Gasteiger partial charge in [-0.3, -0.25) is 0 Å². The van der Waals surface area contributed by atoms with E-state index < -0.39 is 0 Å². The maximum Gasteiger partial charge on any atom is 0.119 e. The smallest absolute Gasteiger partial charge is 0.119 e. The Morgan fingerprint density at radius 1 is 1.20 bits per heavy atom. The molecular weight excluding hydrogens is 246 g/mol. The van der Waals surface area contributed by atoms with Crippen molar-refractivity contribution in [1.82, 2.24) is 0 Å². The highest BCUT2D eigenvalue weighted by Gasteiger charge is 2.49. The third-order valence-electron chi connectivity index (χ3n) is 4.90. The third kappa shape index (κ3) is 1.39. The number of nitrogens with one attached hydrogen (secondary N) is 1. The Hall–Kier alpha value is -1.96. The Balaban J connectivity index is 1.96. The highest BCUT2D eigenvalue weighted by Crippen LogP contribution is 2.54. The summed E-state index contributed by atoms with van der Waals surface area (Å²) >= 11 is 0. The highest BCUT2D eigenvalue weighted by molar-refractivity contribution is 5.69. The Morgan fingerprint density at radius 3 is 2.80 bits per heavy atom. The van der Waals surface area contributed by atoms with Gasteiger partial charge in [-0.25, -0.2) is 0 Å². The molecule has 20 heavy (non-hydrogen) atoms. The van der Waals surface area contributed by atoms with Crippen LogP contribution in [0.15, 0.2) is 36.4 Å². The molecule has 1 heterocycles. The van der Waals surface area contributed by atoms with Crippen molar-refractivity contribution in [1.29, 1.82) is 0 Å². The number of para-hydroxylation sites is 1. The van der Waals surface area contributed by atoms with Gasteiger partial charge in [0.15, 0.2) is 0 Å². The fraction of sp³-hybridized carbons (Fsp3) is 0.333. The van der Waals surface area contributed by atoms with E-state index in [0.29, 0.717) is 5.92 Å². The number of hydrogen-bond acceptors (Lipinski definition) is 2. The molecule has 0 aromatic heterocycles. The molecule has 2 aromatic rings. The second-order valence-electron chi connectivity index (χ2n) is 6.25. The van der Waals surface area contributed by atoms with Gasteiger partial charge in [0.2, 0.25) is 0 Å². The van der Waals surface area contributed by atoms with Gasteiger partial charge in [0.1, 0.15) is 5.75 Å². The number of rotatable bonds is 1. The van der Waals surface area contributed by atoms with Gasteiger partial charge in [-0.05, 0) is 60.7 Å². The minimum Gasteiger partial charge on any atom is -0.497 e. The molecular formula is C18H19NO. The molecule has 1 N–H and O–H groups in total. The number of ether oxygens (including phenoxy) is 1. The lowest BCUT2D eigenvalue weighted by atomic mass is 9.85. The van der Waals surface area contributed by atoms with E-state index in [4.69, 9.17) is 4.74 Å². The first-order chi connectivity index (χ1) is 9.62. The van der Waals surface area contributed by atoms with E-state index in [1.54, 1.807) is 7.11 Å². The topological polar surface area (TPSA) is 21.3 Å². The molecule has 0 saturated carbocycles. The van der Waals surface area contributed by atoms with E-state index >= 15 is 0 Å². The molecule has 1 aliphatic heterocycles. The molecule has 1 aliphatic carbocycles. The van der Waals surface area contributed by atoms with Gasteiger partial charge in [0.25, 0.3) is 0 Å². The zero-order chi connectivity index (χ0) is 13.9. The summed E-state index contributed by atoms with van der Waals surface area (Å²) in [6, 6.07) is 13.1. The summed E-state index contributed by atoms with van der Waals surface area (Å²) in [4.78, 5) is 0. The number of anilines is 1. The highest BCUT2D eigenvalue weighted by atomic mass is 16.5. The monoisotopic (exact) mass is 265 g/mol. The van der Waals surface area contributed by atoms with Crippen LogP contribution in [-0.4, -0.2) is 12.6 Å². The molecule has 2 unspecified atom stereocenters. The molecule has 2 nitrogen and oxygen atoms in total. The number of aryl methyl sites for hydroxylation is 1. The molecule has 2 aromatic carbocycles. The number of methoxy groups -OCH3 is 1. The van der Waals surface area contributed by atoms with Crippen LogP contribution in [-0.2, 0) is 6.42 Å². The lowest BCUT2D eigenvalue weighted by Crippen LogP contribution is -2.34. The summed E-state index contributed by atoms with van der Waals surface area (Å²) in [6.07, 6.45) is 1.08. The van der Waals surface area contributed by atoms with Crippen LogP contribution in [0.4, 0.5) is 5.69 Å². The number of fused-ring (bicyclic) bond motifs is 5. The van der Waals surface area contributed by atoms with Crippen LogP contribution in [0.1, 0.15) is 35.1 Å². The minimum atomic E-state index is 0.100. The molecule has 4 rings (SSSR count). The summed E-state index contributed by atoms with van der Waals surface area (Å²) in [6.45, 7) is 4.53. The Bertz CT molecular complexity index is 707. The van der Waals surface area contributed by atoms with Crippen LogP contribution in [0.3, 0.4) is 0 Å². The fourth-order valence-electron chi connectivity index (χ4n) is 4.04. The second kappa shape index (κ2) is 3.78. The van der Waals surface area contributed by atoms with Gasteiger partial charge in [0, 0.05) is 17.1 Å². The van der Waals surface area contributed by atoms with E-state index in [9.17, 15) is 0 Å². The third-order valence-corrected chi connectivity index (χ3v) is 4.90. The maximum atomic E-state index is 5.47. The summed E-state index contributed by atoms with van der Waals surface area (Å²) in [5, 5.41) is 3.74. The van der Waals surface area contributed by atoms with E-state index in [1.807, 2.05) is 0 Å². The zero-order valence-corrected chi connectivity index (χ0v) is 12.2. The predicted molar refractivity (Wildman–Crippen MR) is 81.7 cm³/mol. The molecule has 0 amide bonds. The van der Waals surface area contributed by atoms with Gasteiger partial charge in [-0.15, -0.1) is 0 Å². The molecule has 2 atom stereocenters. The first kappa shape index (κ1) is 11.8. The average molecular weight is 265 g/mol. The Morgan fingerprint density at radius 2 is 2.00 bits per heavy atom. The summed E-state index contributed by atoms with van der Waals surface area (Å²) in [5.74, 6) is 1.40. The maximum absolute atomic E-state index is 5.47. The van der Waals surface area contributed by atoms with Crippen LogP contribution in [0, 0.1) is 6.92 Å². The molecule has 0 saturated heterocycles. The van der Waals surface area contributed by atoms with Gasteiger partial charge < -0.3 is 10.1 Å². The van der Waals surface area contributed by atoms with Crippen molar-refractivity contribution >= 4 is 5.69 Å². The largest absolute Gasteiger partial charge is 0.497 e. The van der Waals surface area contributed by atoms with Crippen molar-refractivity contribution in [2.75, 3.05) is 12.4 Å². The van der Waals surface area contributed by atoms with Crippen LogP contribution < -0.4 is 10.1 Å². The molecule has 0 spiro atoms. The lowest BCUT2D eigenvalue weighted by Gasteiger charge is -2.25. The van der Waals surface area contributed by atoms with E-state index in [-0.39, 0.29) is 5.54 Å². The summed E-state index contributed by atoms with van der Waals surface area (Å²) in [7, 11) is 1.75. The van der Waals surface area contributed by atoms with Gasteiger partial charge in [-0.2, -0.15) is 0 Å². The molecule has 0 bridgehead atoms. The summed E-state index contributed by atoms with van der Waals surface area (Å²) in [5.41, 5.74) is 7.06. The first-order valence-electron chi connectivity index (χ1n) is 7.17. The number of hydrogen-bond donors (Lipinski definition) is 1. The molecule has 102 valence electrons. The average Bonchev–Trinajstić information content (AvgIpc) is 2.87. The van der Waals surface area contributed by atoms with Crippen molar-refractivity contribution < 1.29 is 4.74 Å². The van der Waals surface area contributed by atoms with Gasteiger partial charge >= 0.3 is 0 Å². The fourth-order valence-corrected chi connectivity index (χ4v) is 4.04. The van der Waals surface area contributed by atoms with Crippen molar-refractivity contribution in [2.24, 2.45) is 0 Å². The van der Waals surface area contributed by atoms with Crippen molar-refractivity contribution in [2.45, 2.75) is 31.7 Å². The van der Waals surface area contributed by atoms with Crippen molar-refractivity contribution in [3.8, 4) is 5.75 Å². The van der Waals surface area contributed by atoms with Gasteiger partial charge in [-0.1, -0.05) is 18.2 Å². The van der Waals surface area contributed by atoms with E-state index in [2.05, 4.69) is 55.6 Å². The van der Waals surface area contributed by atoms with Crippen LogP contribution >= 0.6 is 0 Å². The van der Waals surface area contributed by atoms with Crippen LogP contribution in [0.5, 0.6) is 5.75 Å².